The van der Waals surface area contributed by atoms with Gasteiger partial charge in [0, 0.05) is 27.2 Å². The van der Waals surface area contributed by atoms with E-state index < -0.39 is 0 Å². The van der Waals surface area contributed by atoms with E-state index in [1.165, 1.54) is 15.3 Å². The predicted octanol–water partition coefficient (Wildman–Crippen LogP) is 4.12. The standard InChI is InChI=1S/C14H18N2S/c1-9-7-14(11(3)17-9)10(2)16-13-6-4-5-12(15)8-13/h4-8,10,16H,15H2,1-3H3. The van der Waals surface area contributed by atoms with Gasteiger partial charge in [-0.2, -0.15) is 0 Å². The number of rotatable bonds is 3. The molecule has 1 atom stereocenters. The van der Waals surface area contributed by atoms with Crippen LogP contribution in [0, 0.1) is 13.8 Å². The SMILES string of the molecule is Cc1cc(C(C)Nc2cccc(N)c2)c(C)s1. The summed E-state index contributed by atoms with van der Waals surface area (Å²) < 4.78 is 0. The van der Waals surface area contributed by atoms with Crippen molar-refractivity contribution >= 4 is 22.7 Å². The molecule has 0 saturated carbocycles. The molecule has 2 nitrogen and oxygen atoms in total. The van der Waals surface area contributed by atoms with Gasteiger partial charge in [-0.05, 0) is 50.6 Å². The Balaban J connectivity index is 2.16. The lowest BCUT2D eigenvalue weighted by Crippen LogP contribution is -2.06. The summed E-state index contributed by atoms with van der Waals surface area (Å²) >= 11 is 1.85. The van der Waals surface area contributed by atoms with Gasteiger partial charge in [-0.25, -0.2) is 0 Å². The summed E-state index contributed by atoms with van der Waals surface area (Å²) in [4.78, 5) is 2.74. The van der Waals surface area contributed by atoms with Crippen LogP contribution in [-0.4, -0.2) is 0 Å². The van der Waals surface area contributed by atoms with E-state index in [-0.39, 0.29) is 0 Å². The highest BCUT2D eigenvalue weighted by Crippen LogP contribution is 2.28. The van der Waals surface area contributed by atoms with E-state index in [0.717, 1.165) is 11.4 Å². The molecule has 3 heteroatoms. The minimum atomic E-state index is 0.307. The topological polar surface area (TPSA) is 38.0 Å². The van der Waals surface area contributed by atoms with E-state index in [2.05, 4.69) is 32.2 Å². The molecule has 1 heterocycles. The number of nitrogen functional groups attached to an aromatic ring is 1. The van der Waals surface area contributed by atoms with Crippen molar-refractivity contribution in [1.29, 1.82) is 0 Å². The second-order valence-electron chi connectivity index (χ2n) is 4.36. The Hall–Kier alpha value is -1.48. The van der Waals surface area contributed by atoms with Gasteiger partial charge in [0.05, 0.1) is 0 Å². The number of thiophene rings is 1. The first-order valence-electron chi connectivity index (χ1n) is 5.75. The Labute approximate surface area is 106 Å². The largest absolute Gasteiger partial charge is 0.399 e. The first-order valence-corrected chi connectivity index (χ1v) is 6.57. The van der Waals surface area contributed by atoms with E-state index in [1.54, 1.807) is 0 Å². The molecule has 0 aliphatic heterocycles. The van der Waals surface area contributed by atoms with Crippen LogP contribution in [0.25, 0.3) is 0 Å². The van der Waals surface area contributed by atoms with Crippen LogP contribution in [0.3, 0.4) is 0 Å². The maximum Gasteiger partial charge on any atom is 0.0496 e. The second kappa shape index (κ2) is 4.80. The number of anilines is 2. The first kappa shape index (κ1) is 12.0. The van der Waals surface area contributed by atoms with E-state index in [0.29, 0.717) is 6.04 Å². The fraction of sp³-hybridized carbons (Fsp3) is 0.286. The monoisotopic (exact) mass is 246 g/mol. The van der Waals surface area contributed by atoms with Crippen LogP contribution in [0.15, 0.2) is 30.3 Å². The molecule has 1 aromatic carbocycles. The molecule has 0 radical (unpaired) electrons. The zero-order valence-electron chi connectivity index (χ0n) is 10.4. The minimum absolute atomic E-state index is 0.307. The van der Waals surface area contributed by atoms with Gasteiger partial charge >= 0.3 is 0 Å². The molecule has 0 saturated heterocycles. The Morgan fingerprint density at radius 2 is 2.00 bits per heavy atom. The van der Waals surface area contributed by atoms with Gasteiger partial charge in [0.15, 0.2) is 0 Å². The molecule has 90 valence electrons. The Morgan fingerprint density at radius 3 is 2.59 bits per heavy atom. The summed E-state index contributed by atoms with van der Waals surface area (Å²) in [7, 11) is 0. The third kappa shape index (κ3) is 2.80. The number of nitrogens with two attached hydrogens (primary N) is 1. The molecule has 2 rings (SSSR count). The van der Waals surface area contributed by atoms with Gasteiger partial charge < -0.3 is 11.1 Å². The second-order valence-corrected chi connectivity index (χ2v) is 5.82. The van der Waals surface area contributed by atoms with E-state index in [4.69, 9.17) is 5.73 Å². The molecule has 2 aromatic rings. The summed E-state index contributed by atoms with van der Waals surface area (Å²) in [5.41, 5.74) is 9.00. The number of nitrogens with one attached hydrogen (secondary N) is 1. The van der Waals surface area contributed by atoms with Crippen molar-refractivity contribution in [3.63, 3.8) is 0 Å². The molecule has 17 heavy (non-hydrogen) atoms. The predicted molar refractivity (Wildman–Crippen MR) is 76.7 cm³/mol. The lowest BCUT2D eigenvalue weighted by Gasteiger charge is -2.15. The molecular weight excluding hydrogens is 228 g/mol. The van der Waals surface area contributed by atoms with Crippen molar-refractivity contribution < 1.29 is 0 Å². The third-order valence-corrected chi connectivity index (χ3v) is 3.80. The Morgan fingerprint density at radius 1 is 1.24 bits per heavy atom. The van der Waals surface area contributed by atoms with Crippen LogP contribution in [0.2, 0.25) is 0 Å². The number of hydrogen-bond donors (Lipinski definition) is 2. The normalized spacial score (nSPS) is 12.4. The minimum Gasteiger partial charge on any atom is -0.399 e. The molecule has 0 bridgehead atoms. The molecule has 1 unspecified atom stereocenters. The Bertz CT molecular complexity index is 517. The van der Waals surface area contributed by atoms with Gasteiger partial charge in [-0.3, -0.25) is 0 Å². The van der Waals surface area contributed by atoms with Gasteiger partial charge in [0.2, 0.25) is 0 Å². The van der Waals surface area contributed by atoms with Crippen molar-refractivity contribution in [2.75, 3.05) is 11.1 Å². The van der Waals surface area contributed by atoms with Crippen LogP contribution >= 0.6 is 11.3 Å². The number of benzene rings is 1. The molecule has 0 amide bonds. The Kier molecular flexibility index (Phi) is 3.38. The highest BCUT2D eigenvalue weighted by atomic mass is 32.1. The fourth-order valence-corrected chi connectivity index (χ4v) is 3.06. The molecule has 0 fully saturated rings. The average Bonchev–Trinajstić information content (AvgIpc) is 2.58. The van der Waals surface area contributed by atoms with E-state index >= 15 is 0 Å². The highest BCUT2D eigenvalue weighted by molar-refractivity contribution is 7.12. The van der Waals surface area contributed by atoms with Gasteiger partial charge in [0.25, 0.3) is 0 Å². The van der Waals surface area contributed by atoms with Crippen LogP contribution in [0.1, 0.15) is 28.3 Å². The van der Waals surface area contributed by atoms with Crippen molar-refractivity contribution in [3.8, 4) is 0 Å². The highest BCUT2D eigenvalue weighted by Gasteiger charge is 2.10. The molecule has 0 aliphatic carbocycles. The zero-order valence-corrected chi connectivity index (χ0v) is 11.3. The average molecular weight is 246 g/mol. The summed E-state index contributed by atoms with van der Waals surface area (Å²) in [5.74, 6) is 0. The maximum atomic E-state index is 5.77. The van der Waals surface area contributed by atoms with Crippen LogP contribution in [0.5, 0.6) is 0 Å². The lowest BCUT2D eigenvalue weighted by atomic mass is 10.1. The first-order chi connectivity index (χ1) is 8.06. The number of hydrogen-bond acceptors (Lipinski definition) is 3. The molecule has 3 N–H and O–H groups in total. The molecular formula is C14H18N2S. The van der Waals surface area contributed by atoms with Crippen molar-refractivity contribution in [2.45, 2.75) is 26.8 Å². The number of aryl methyl sites for hydroxylation is 2. The summed E-state index contributed by atoms with van der Waals surface area (Å²) in [6.45, 7) is 6.50. The van der Waals surface area contributed by atoms with Crippen molar-refractivity contribution in [1.82, 2.24) is 0 Å². The quantitative estimate of drug-likeness (QED) is 0.799. The molecule has 0 spiro atoms. The van der Waals surface area contributed by atoms with Gasteiger partial charge in [-0.15, -0.1) is 11.3 Å². The van der Waals surface area contributed by atoms with E-state index in [9.17, 15) is 0 Å². The maximum absolute atomic E-state index is 5.77. The van der Waals surface area contributed by atoms with Crippen LogP contribution in [-0.2, 0) is 0 Å². The van der Waals surface area contributed by atoms with Gasteiger partial charge in [0.1, 0.15) is 0 Å². The molecule has 0 aliphatic rings. The smallest absolute Gasteiger partial charge is 0.0496 e. The fourth-order valence-electron chi connectivity index (χ4n) is 2.04. The van der Waals surface area contributed by atoms with Crippen molar-refractivity contribution in [3.05, 3.63) is 45.6 Å². The zero-order chi connectivity index (χ0) is 12.4. The van der Waals surface area contributed by atoms with Crippen LogP contribution in [0.4, 0.5) is 11.4 Å². The van der Waals surface area contributed by atoms with Crippen LogP contribution < -0.4 is 11.1 Å². The third-order valence-electron chi connectivity index (χ3n) is 2.82. The summed E-state index contributed by atoms with van der Waals surface area (Å²) in [6.07, 6.45) is 0. The summed E-state index contributed by atoms with van der Waals surface area (Å²) in [5, 5.41) is 3.48. The molecule has 1 aromatic heterocycles. The summed E-state index contributed by atoms with van der Waals surface area (Å²) in [6, 6.07) is 10.4. The van der Waals surface area contributed by atoms with E-state index in [1.807, 2.05) is 35.6 Å². The van der Waals surface area contributed by atoms with Gasteiger partial charge in [-0.1, -0.05) is 6.07 Å². The van der Waals surface area contributed by atoms with Crippen molar-refractivity contribution in [2.24, 2.45) is 0 Å². The lowest BCUT2D eigenvalue weighted by molar-refractivity contribution is 0.882.